The molecule has 7 nitrogen and oxygen atoms in total. The molecule has 0 unspecified atom stereocenters. The third-order valence-corrected chi connectivity index (χ3v) is 5.13. The van der Waals surface area contributed by atoms with Gasteiger partial charge in [0.15, 0.2) is 0 Å². The fourth-order valence-electron chi connectivity index (χ4n) is 3.29. The van der Waals surface area contributed by atoms with Gasteiger partial charge in [0.2, 0.25) is 15.9 Å². The van der Waals surface area contributed by atoms with E-state index < -0.39 is 10.0 Å². The third-order valence-electron chi connectivity index (χ3n) is 4.52. The van der Waals surface area contributed by atoms with Gasteiger partial charge in [-0.2, -0.15) is 5.10 Å². The summed E-state index contributed by atoms with van der Waals surface area (Å²) in [6.45, 7) is 4.29. The average molecular weight is 416 g/mol. The maximum atomic E-state index is 12.5. The van der Waals surface area contributed by atoms with Crippen molar-refractivity contribution in [2.45, 2.75) is 32.7 Å². The molecule has 0 aromatic heterocycles. The Morgan fingerprint density at radius 1 is 1.21 bits per heavy atom. The first-order chi connectivity index (χ1) is 13.8. The fourth-order valence-corrected chi connectivity index (χ4v) is 3.85. The largest absolute Gasteiger partial charge is 0.494 e. The Labute approximate surface area is 171 Å². The average Bonchev–Trinajstić information content (AvgIpc) is 3.12. The molecule has 1 N–H and O–H groups in total. The van der Waals surface area contributed by atoms with Crippen molar-refractivity contribution in [2.24, 2.45) is 5.10 Å². The Hall–Kier alpha value is -2.87. The first kappa shape index (κ1) is 20.9. The molecule has 3 rings (SSSR count). The number of amides is 1. The summed E-state index contributed by atoms with van der Waals surface area (Å²) in [4.78, 5) is 12.5. The number of carbonyl (C=O) groups is 1. The van der Waals surface area contributed by atoms with Crippen molar-refractivity contribution in [2.75, 3.05) is 17.6 Å². The van der Waals surface area contributed by atoms with E-state index in [1.54, 1.807) is 25.1 Å². The van der Waals surface area contributed by atoms with E-state index in [4.69, 9.17) is 4.74 Å². The lowest BCUT2D eigenvalue weighted by atomic mass is 9.98. The van der Waals surface area contributed by atoms with E-state index >= 15 is 0 Å². The molecule has 1 aliphatic heterocycles. The van der Waals surface area contributed by atoms with Crippen LogP contribution in [0.25, 0.3) is 0 Å². The van der Waals surface area contributed by atoms with Crippen LogP contribution in [-0.4, -0.2) is 37.9 Å². The monoisotopic (exact) mass is 415 g/mol. The Balaban J connectivity index is 1.93. The summed E-state index contributed by atoms with van der Waals surface area (Å²) in [6.07, 6.45) is 1.98. The van der Waals surface area contributed by atoms with Gasteiger partial charge in [0, 0.05) is 18.5 Å². The number of ether oxygens (including phenoxy) is 1. The number of carbonyl (C=O) groups excluding carboxylic acids is 1. The molecule has 0 spiro atoms. The zero-order valence-corrected chi connectivity index (χ0v) is 17.6. The highest BCUT2D eigenvalue weighted by Gasteiger charge is 2.32. The van der Waals surface area contributed by atoms with Gasteiger partial charge in [0.1, 0.15) is 5.75 Å². The maximum absolute atomic E-state index is 12.5. The number of nitrogens with zero attached hydrogens (tertiary/aromatic N) is 2. The molecule has 2 aromatic rings. The standard InChI is InChI=1S/C21H25N3O4S/c1-4-21(25)24-20(16-9-7-11-18(13-16)28-5-2)14-19(22-24)15-8-6-10-17(12-15)23-29(3,26)27/h6-13,20,23H,4-5,14H2,1-3H3/t20-/m1/s1. The molecule has 154 valence electrons. The van der Waals surface area contributed by atoms with E-state index in [9.17, 15) is 13.2 Å². The number of nitrogens with one attached hydrogen (secondary N) is 1. The number of rotatable bonds is 7. The number of anilines is 1. The lowest BCUT2D eigenvalue weighted by Gasteiger charge is -2.22. The van der Waals surface area contributed by atoms with Gasteiger partial charge >= 0.3 is 0 Å². The quantitative estimate of drug-likeness (QED) is 0.749. The van der Waals surface area contributed by atoms with Gasteiger partial charge in [-0.05, 0) is 42.3 Å². The lowest BCUT2D eigenvalue weighted by Crippen LogP contribution is -2.26. The van der Waals surface area contributed by atoms with Crippen LogP contribution < -0.4 is 9.46 Å². The molecule has 0 fully saturated rings. The number of hydrazone groups is 1. The van der Waals surface area contributed by atoms with Gasteiger partial charge in [0.25, 0.3) is 0 Å². The summed E-state index contributed by atoms with van der Waals surface area (Å²) in [5.74, 6) is 0.680. The van der Waals surface area contributed by atoms with Crippen LogP contribution in [0.3, 0.4) is 0 Å². The van der Waals surface area contributed by atoms with Gasteiger partial charge in [0.05, 0.1) is 24.6 Å². The maximum Gasteiger partial charge on any atom is 0.242 e. The molecule has 2 aromatic carbocycles. The normalized spacial score (nSPS) is 16.4. The number of sulfonamides is 1. The summed E-state index contributed by atoms with van der Waals surface area (Å²) in [5, 5.41) is 6.11. The number of hydrogen-bond acceptors (Lipinski definition) is 5. The second-order valence-electron chi connectivity index (χ2n) is 6.82. The molecule has 0 aliphatic carbocycles. The summed E-state index contributed by atoms with van der Waals surface area (Å²) in [7, 11) is -3.38. The Morgan fingerprint density at radius 3 is 2.66 bits per heavy atom. The predicted octanol–water partition coefficient (Wildman–Crippen LogP) is 3.54. The van der Waals surface area contributed by atoms with Crippen LogP contribution in [0, 0.1) is 0 Å². The van der Waals surface area contributed by atoms with E-state index in [0.29, 0.717) is 25.1 Å². The molecule has 1 atom stereocenters. The Kier molecular flexibility index (Phi) is 6.22. The van der Waals surface area contributed by atoms with Crippen LogP contribution in [0.15, 0.2) is 53.6 Å². The lowest BCUT2D eigenvalue weighted by molar-refractivity contribution is -0.132. The SMILES string of the molecule is CCOc1cccc([C@H]2CC(c3cccc(NS(C)(=O)=O)c3)=NN2C(=O)CC)c1. The van der Waals surface area contributed by atoms with Crippen LogP contribution in [0.4, 0.5) is 5.69 Å². The zero-order valence-electron chi connectivity index (χ0n) is 16.8. The van der Waals surface area contributed by atoms with E-state index in [0.717, 1.165) is 28.8 Å². The first-order valence-electron chi connectivity index (χ1n) is 9.51. The molecular weight excluding hydrogens is 390 g/mol. The van der Waals surface area contributed by atoms with Crippen LogP contribution in [-0.2, 0) is 14.8 Å². The zero-order chi connectivity index (χ0) is 21.0. The molecule has 1 aliphatic rings. The molecule has 29 heavy (non-hydrogen) atoms. The molecule has 0 saturated carbocycles. The van der Waals surface area contributed by atoms with Gasteiger partial charge in [-0.1, -0.05) is 31.2 Å². The van der Waals surface area contributed by atoms with Gasteiger partial charge in [-0.25, -0.2) is 13.4 Å². The van der Waals surface area contributed by atoms with Crippen LogP contribution in [0.5, 0.6) is 5.75 Å². The topological polar surface area (TPSA) is 88.1 Å². The van der Waals surface area contributed by atoms with Crippen LogP contribution >= 0.6 is 0 Å². The van der Waals surface area contributed by atoms with E-state index in [1.165, 1.54) is 5.01 Å². The van der Waals surface area contributed by atoms with E-state index in [-0.39, 0.29) is 11.9 Å². The van der Waals surface area contributed by atoms with Crippen LogP contribution in [0.2, 0.25) is 0 Å². The Bertz CT molecular complexity index is 1030. The summed E-state index contributed by atoms with van der Waals surface area (Å²) in [6, 6.07) is 14.5. The van der Waals surface area contributed by atoms with E-state index in [2.05, 4.69) is 9.82 Å². The Morgan fingerprint density at radius 2 is 1.97 bits per heavy atom. The summed E-state index contributed by atoms with van der Waals surface area (Å²) in [5.41, 5.74) is 2.91. The van der Waals surface area contributed by atoms with E-state index in [1.807, 2.05) is 37.3 Å². The minimum absolute atomic E-state index is 0.0720. The first-order valence-corrected chi connectivity index (χ1v) is 11.4. The summed E-state index contributed by atoms with van der Waals surface area (Å²) >= 11 is 0. The highest BCUT2D eigenvalue weighted by Crippen LogP contribution is 2.35. The predicted molar refractivity (Wildman–Crippen MR) is 114 cm³/mol. The fraction of sp³-hybridized carbons (Fsp3) is 0.333. The number of benzene rings is 2. The molecule has 1 heterocycles. The van der Waals surface area contributed by atoms with Gasteiger partial charge in [-0.3, -0.25) is 9.52 Å². The number of hydrogen-bond donors (Lipinski definition) is 1. The van der Waals surface area contributed by atoms with Gasteiger partial charge < -0.3 is 4.74 Å². The second-order valence-corrected chi connectivity index (χ2v) is 8.57. The highest BCUT2D eigenvalue weighted by molar-refractivity contribution is 7.92. The second kappa shape index (κ2) is 8.65. The van der Waals surface area contributed by atoms with Crippen molar-refractivity contribution in [3.05, 3.63) is 59.7 Å². The smallest absolute Gasteiger partial charge is 0.242 e. The molecule has 0 radical (unpaired) electrons. The minimum Gasteiger partial charge on any atom is -0.494 e. The van der Waals surface area contributed by atoms with Crippen molar-refractivity contribution >= 4 is 27.3 Å². The molecule has 0 bridgehead atoms. The van der Waals surface area contributed by atoms with Crippen molar-refractivity contribution < 1.29 is 17.9 Å². The van der Waals surface area contributed by atoms with Crippen molar-refractivity contribution in [1.29, 1.82) is 0 Å². The van der Waals surface area contributed by atoms with Crippen molar-refractivity contribution in [3.63, 3.8) is 0 Å². The van der Waals surface area contributed by atoms with Crippen molar-refractivity contribution in [3.8, 4) is 5.75 Å². The molecule has 0 saturated heterocycles. The van der Waals surface area contributed by atoms with Crippen LogP contribution in [0.1, 0.15) is 43.9 Å². The minimum atomic E-state index is -3.38. The molecule has 1 amide bonds. The molecule has 8 heteroatoms. The molecular formula is C21H25N3O4S. The summed E-state index contributed by atoms with van der Waals surface area (Å²) < 4.78 is 31.1. The third kappa shape index (κ3) is 5.14. The van der Waals surface area contributed by atoms with Gasteiger partial charge in [-0.15, -0.1) is 0 Å². The van der Waals surface area contributed by atoms with Crippen molar-refractivity contribution in [1.82, 2.24) is 5.01 Å². The highest BCUT2D eigenvalue weighted by atomic mass is 32.2.